The molecule has 0 amide bonds. The molecule has 0 spiro atoms. The number of nitrogens with one attached hydrogen (secondary N) is 1. The van der Waals surface area contributed by atoms with E-state index in [2.05, 4.69) is 36.5 Å². The Morgan fingerprint density at radius 3 is 2.69 bits per heavy atom. The Balaban J connectivity index is 1.87. The van der Waals surface area contributed by atoms with Gasteiger partial charge in [0.15, 0.2) is 5.13 Å². The van der Waals surface area contributed by atoms with Crippen molar-refractivity contribution in [1.82, 2.24) is 4.98 Å². The molecule has 0 aromatic carbocycles. The molecule has 16 heavy (non-hydrogen) atoms. The molecule has 2 rings (SSSR count). The van der Waals surface area contributed by atoms with Gasteiger partial charge < -0.3 is 5.32 Å². The highest BCUT2D eigenvalue weighted by atomic mass is 32.1. The zero-order valence-electron chi connectivity index (χ0n) is 10.5. The Morgan fingerprint density at radius 1 is 1.44 bits per heavy atom. The molecular formula is C13H22N2S. The van der Waals surface area contributed by atoms with Crippen molar-refractivity contribution in [3.63, 3.8) is 0 Å². The summed E-state index contributed by atoms with van der Waals surface area (Å²) in [7, 11) is 0. The first-order chi connectivity index (χ1) is 7.59. The van der Waals surface area contributed by atoms with Crippen LogP contribution >= 0.6 is 11.3 Å². The Labute approximate surface area is 102 Å². The predicted molar refractivity (Wildman–Crippen MR) is 71.2 cm³/mol. The van der Waals surface area contributed by atoms with Crippen LogP contribution in [0.2, 0.25) is 0 Å². The van der Waals surface area contributed by atoms with Crippen LogP contribution in [0.3, 0.4) is 0 Å². The van der Waals surface area contributed by atoms with Gasteiger partial charge in [-0.05, 0) is 37.5 Å². The van der Waals surface area contributed by atoms with E-state index in [9.17, 15) is 0 Å². The summed E-state index contributed by atoms with van der Waals surface area (Å²) in [6.45, 7) is 6.91. The predicted octanol–water partition coefficient (Wildman–Crippen LogP) is 4.09. The maximum atomic E-state index is 4.57. The van der Waals surface area contributed by atoms with Gasteiger partial charge in [0.05, 0.1) is 5.69 Å². The third-order valence-electron chi connectivity index (χ3n) is 3.58. The van der Waals surface area contributed by atoms with Gasteiger partial charge in [-0.25, -0.2) is 4.98 Å². The third-order valence-corrected chi connectivity index (χ3v) is 4.40. The Kier molecular flexibility index (Phi) is 3.53. The van der Waals surface area contributed by atoms with Gasteiger partial charge in [0.1, 0.15) is 0 Å². The Bertz CT molecular complexity index is 333. The topological polar surface area (TPSA) is 24.9 Å². The number of thiazole rings is 1. The molecule has 0 radical (unpaired) electrons. The van der Waals surface area contributed by atoms with Crippen molar-refractivity contribution in [3.8, 4) is 0 Å². The van der Waals surface area contributed by atoms with Crippen LogP contribution in [0.25, 0.3) is 0 Å². The number of hydrogen-bond acceptors (Lipinski definition) is 3. The van der Waals surface area contributed by atoms with Gasteiger partial charge in [-0.3, -0.25) is 0 Å². The van der Waals surface area contributed by atoms with Crippen molar-refractivity contribution < 1.29 is 0 Å². The molecule has 3 heteroatoms. The summed E-state index contributed by atoms with van der Waals surface area (Å²) >= 11 is 1.75. The summed E-state index contributed by atoms with van der Waals surface area (Å²) in [4.78, 5) is 4.57. The van der Waals surface area contributed by atoms with Crippen LogP contribution in [0.1, 0.15) is 52.1 Å². The zero-order chi connectivity index (χ0) is 11.6. The Morgan fingerprint density at radius 2 is 2.12 bits per heavy atom. The van der Waals surface area contributed by atoms with E-state index in [0.717, 1.165) is 11.6 Å². The van der Waals surface area contributed by atoms with Crippen LogP contribution in [-0.4, -0.2) is 11.0 Å². The van der Waals surface area contributed by atoms with Gasteiger partial charge in [0, 0.05) is 11.4 Å². The lowest BCUT2D eigenvalue weighted by molar-refractivity contribution is 0.232. The summed E-state index contributed by atoms with van der Waals surface area (Å²) in [5.41, 5.74) is 1.76. The first kappa shape index (κ1) is 11.9. The molecule has 1 heterocycles. The maximum absolute atomic E-state index is 4.57. The molecule has 0 atom stereocenters. The summed E-state index contributed by atoms with van der Waals surface area (Å²) in [6.07, 6.45) is 6.27. The monoisotopic (exact) mass is 238 g/mol. The Hall–Kier alpha value is -0.570. The second-order valence-corrected chi connectivity index (χ2v) is 6.44. The average Bonchev–Trinajstić information content (AvgIpc) is 2.69. The molecule has 1 aliphatic rings. The average molecular weight is 238 g/mol. The second-order valence-electron chi connectivity index (χ2n) is 5.58. The summed E-state index contributed by atoms with van der Waals surface area (Å²) < 4.78 is 0. The smallest absolute Gasteiger partial charge is 0.183 e. The molecule has 1 aromatic rings. The van der Waals surface area contributed by atoms with Crippen LogP contribution in [0.5, 0.6) is 0 Å². The van der Waals surface area contributed by atoms with E-state index >= 15 is 0 Å². The van der Waals surface area contributed by atoms with E-state index < -0.39 is 0 Å². The molecule has 90 valence electrons. The van der Waals surface area contributed by atoms with E-state index in [4.69, 9.17) is 0 Å². The summed E-state index contributed by atoms with van der Waals surface area (Å²) in [5, 5.41) is 6.86. The molecule has 1 aromatic heterocycles. The number of aryl methyl sites for hydroxylation is 1. The van der Waals surface area contributed by atoms with Gasteiger partial charge in [-0.1, -0.05) is 20.8 Å². The molecule has 1 aliphatic carbocycles. The van der Waals surface area contributed by atoms with E-state index in [1.165, 1.54) is 31.4 Å². The fraction of sp³-hybridized carbons (Fsp3) is 0.769. The molecule has 1 fully saturated rings. The number of rotatable bonds is 3. The number of nitrogens with zero attached hydrogens (tertiary/aromatic N) is 1. The van der Waals surface area contributed by atoms with E-state index in [0.29, 0.717) is 11.5 Å². The second kappa shape index (κ2) is 4.74. The first-order valence-corrected chi connectivity index (χ1v) is 7.18. The minimum Gasteiger partial charge on any atom is -0.359 e. The highest BCUT2D eigenvalue weighted by Crippen LogP contribution is 2.36. The minimum absolute atomic E-state index is 0.551. The molecule has 1 saturated carbocycles. The highest BCUT2D eigenvalue weighted by molar-refractivity contribution is 7.13. The largest absolute Gasteiger partial charge is 0.359 e. The van der Waals surface area contributed by atoms with Crippen LogP contribution < -0.4 is 5.32 Å². The number of hydrogen-bond donors (Lipinski definition) is 1. The van der Waals surface area contributed by atoms with Gasteiger partial charge >= 0.3 is 0 Å². The lowest BCUT2D eigenvalue weighted by Gasteiger charge is -2.34. The van der Waals surface area contributed by atoms with Gasteiger partial charge in [-0.2, -0.15) is 0 Å². The van der Waals surface area contributed by atoms with Crippen molar-refractivity contribution in [2.45, 2.75) is 58.9 Å². The molecule has 2 nitrogen and oxygen atoms in total. The number of anilines is 1. The van der Waals surface area contributed by atoms with Gasteiger partial charge in [0.2, 0.25) is 0 Å². The molecule has 0 saturated heterocycles. The van der Waals surface area contributed by atoms with Crippen molar-refractivity contribution in [1.29, 1.82) is 0 Å². The molecule has 1 N–H and O–H groups in total. The third kappa shape index (κ3) is 2.97. The van der Waals surface area contributed by atoms with Crippen molar-refractivity contribution in [3.05, 3.63) is 11.1 Å². The minimum atomic E-state index is 0.551. The van der Waals surface area contributed by atoms with Crippen molar-refractivity contribution in [2.24, 2.45) is 5.41 Å². The summed E-state index contributed by atoms with van der Waals surface area (Å²) in [6, 6.07) is 0.642. The lowest BCUT2D eigenvalue weighted by atomic mass is 9.76. The van der Waals surface area contributed by atoms with Crippen LogP contribution in [0.15, 0.2) is 5.38 Å². The molecule has 0 bridgehead atoms. The maximum Gasteiger partial charge on any atom is 0.183 e. The summed E-state index contributed by atoms with van der Waals surface area (Å²) in [5.74, 6) is 0. The van der Waals surface area contributed by atoms with Crippen molar-refractivity contribution in [2.75, 3.05) is 5.32 Å². The highest BCUT2D eigenvalue weighted by Gasteiger charge is 2.26. The molecular weight excluding hydrogens is 216 g/mol. The zero-order valence-corrected chi connectivity index (χ0v) is 11.4. The van der Waals surface area contributed by atoms with E-state index in [-0.39, 0.29) is 0 Å². The fourth-order valence-corrected chi connectivity index (χ4v) is 3.13. The van der Waals surface area contributed by atoms with Gasteiger partial charge in [-0.15, -0.1) is 11.3 Å². The molecule has 0 unspecified atom stereocenters. The van der Waals surface area contributed by atoms with Crippen LogP contribution in [-0.2, 0) is 6.42 Å². The lowest BCUT2D eigenvalue weighted by Crippen LogP contribution is -2.29. The van der Waals surface area contributed by atoms with Gasteiger partial charge in [0.25, 0.3) is 0 Å². The van der Waals surface area contributed by atoms with Crippen molar-refractivity contribution >= 4 is 16.5 Å². The SMILES string of the molecule is CCc1csc(NC2CCC(C)(C)CC2)n1. The quantitative estimate of drug-likeness (QED) is 0.858. The number of aromatic nitrogens is 1. The van der Waals surface area contributed by atoms with E-state index in [1.54, 1.807) is 11.3 Å². The van der Waals surface area contributed by atoms with E-state index in [1.807, 2.05) is 0 Å². The normalized spacial score (nSPS) is 20.9. The fourth-order valence-electron chi connectivity index (χ4n) is 2.25. The first-order valence-electron chi connectivity index (χ1n) is 6.30. The molecule has 0 aliphatic heterocycles. The van der Waals surface area contributed by atoms with Crippen LogP contribution in [0.4, 0.5) is 5.13 Å². The standard InChI is InChI=1S/C13H22N2S/c1-4-10-9-16-12(14-10)15-11-5-7-13(2,3)8-6-11/h9,11H,4-8H2,1-3H3,(H,14,15). The van der Waals surface area contributed by atoms with Crippen LogP contribution in [0, 0.1) is 5.41 Å².